The molecule has 84 valence electrons. The molecule has 0 aliphatic heterocycles. The average molecular weight is 201 g/mol. The highest BCUT2D eigenvalue weighted by Crippen LogP contribution is 2.12. The molecule has 0 saturated carbocycles. The molecular weight excluding hydrogens is 178 g/mol. The molecule has 0 heterocycles. The molecule has 0 aromatic heterocycles. The van der Waals surface area contributed by atoms with E-state index in [1.165, 1.54) is 7.11 Å². The highest BCUT2D eigenvalue weighted by atomic mass is 16.5. The van der Waals surface area contributed by atoms with Gasteiger partial charge in [-0.25, -0.2) is 0 Å². The molecule has 0 radical (unpaired) electrons. The molecule has 0 bridgehead atoms. The fourth-order valence-corrected chi connectivity index (χ4v) is 1.52. The lowest BCUT2D eigenvalue weighted by Crippen LogP contribution is -2.53. The zero-order valence-corrected chi connectivity index (χ0v) is 10.2. The number of rotatable bonds is 5. The van der Waals surface area contributed by atoms with Crippen molar-refractivity contribution < 1.29 is 9.53 Å². The third-order valence-corrected chi connectivity index (χ3v) is 2.49. The van der Waals surface area contributed by atoms with Gasteiger partial charge in [-0.15, -0.1) is 0 Å². The molecule has 1 unspecified atom stereocenters. The molecule has 1 N–H and O–H groups in total. The lowest BCUT2D eigenvalue weighted by atomic mass is 9.96. The summed E-state index contributed by atoms with van der Waals surface area (Å²) < 4.78 is 4.74. The quantitative estimate of drug-likeness (QED) is 0.691. The van der Waals surface area contributed by atoms with Crippen molar-refractivity contribution in [1.29, 1.82) is 0 Å². The summed E-state index contributed by atoms with van der Waals surface area (Å²) in [5.74, 6) is 0.306. The van der Waals surface area contributed by atoms with Crippen molar-refractivity contribution in [2.75, 3.05) is 7.11 Å². The first kappa shape index (κ1) is 13.4. The van der Waals surface area contributed by atoms with E-state index in [1.54, 1.807) is 0 Å². The first-order valence-corrected chi connectivity index (χ1v) is 5.21. The van der Waals surface area contributed by atoms with E-state index in [9.17, 15) is 4.79 Å². The fourth-order valence-electron chi connectivity index (χ4n) is 1.52. The SMILES string of the molecule is CCC(NC(C)(C)C(=O)OC)C(C)C. The summed E-state index contributed by atoms with van der Waals surface area (Å²) in [7, 11) is 1.42. The highest BCUT2D eigenvalue weighted by Gasteiger charge is 2.31. The van der Waals surface area contributed by atoms with Gasteiger partial charge >= 0.3 is 5.97 Å². The number of carbonyl (C=O) groups excluding carboxylic acids is 1. The predicted octanol–water partition coefficient (Wildman–Crippen LogP) is 1.96. The van der Waals surface area contributed by atoms with E-state index >= 15 is 0 Å². The van der Waals surface area contributed by atoms with E-state index in [1.807, 2.05) is 13.8 Å². The molecule has 0 saturated heterocycles. The number of methoxy groups -OCH3 is 1. The predicted molar refractivity (Wildman–Crippen MR) is 58.1 cm³/mol. The van der Waals surface area contributed by atoms with E-state index in [4.69, 9.17) is 4.74 Å². The molecule has 1 atom stereocenters. The Morgan fingerprint density at radius 2 is 1.93 bits per heavy atom. The van der Waals surface area contributed by atoms with Gasteiger partial charge < -0.3 is 4.74 Å². The second kappa shape index (κ2) is 5.35. The summed E-state index contributed by atoms with van der Waals surface area (Å²) >= 11 is 0. The maximum Gasteiger partial charge on any atom is 0.325 e. The van der Waals surface area contributed by atoms with E-state index in [-0.39, 0.29) is 5.97 Å². The molecular formula is C11H23NO2. The summed E-state index contributed by atoms with van der Waals surface area (Å²) in [6, 6.07) is 0.351. The van der Waals surface area contributed by atoms with Crippen LogP contribution in [0.25, 0.3) is 0 Å². The van der Waals surface area contributed by atoms with Gasteiger partial charge in [-0.1, -0.05) is 20.8 Å². The van der Waals surface area contributed by atoms with Crippen molar-refractivity contribution in [1.82, 2.24) is 5.32 Å². The van der Waals surface area contributed by atoms with Gasteiger partial charge in [-0.3, -0.25) is 10.1 Å². The zero-order valence-electron chi connectivity index (χ0n) is 10.2. The van der Waals surface area contributed by atoms with Crippen LogP contribution in [-0.4, -0.2) is 24.7 Å². The normalized spacial score (nSPS) is 14.2. The summed E-state index contributed by atoms with van der Waals surface area (Å²) in [4.78, 5) is 11.4. The Morgan fingerprint density at radius 3 is 2.21 bits per heavy atom. The van der Waals surface area contributed by atoms with Crippen molar-refractivity contribution in [3.63, 3.8) is 0 Å². The van der Waals surface area contributed by atoms with Crippen molar-refractivity contribution >= 4 is 5.97 Å². The number of hydrogen-bond donors (Lipinski definition) is 1. The Hall–Kier alpha value is -0.570. The van der Waals surface area contributed by atoms with Crippen LogP contribution in [0.15, 0.2) is 0 Å². The van der Waals surface area contributed by atoms with Gasteiger partial charge in [-0.05, 0) is 26.2 Å². The van der Waals surface area contributed by atoms with Crippen LogP contribution in [0.1, 0.15) is 41.0 Å². The summed E-state index contributed by atoms with van der Waals surface area (Å²) in [5, 5.41) is 3.32. The van der Waals surface area contributed by atoms with Crippen LogP contribution in [-0.2, 0) is 9.53 Å². The van der Waals surface area contributed by atoms with Gasteiger partial charge in [0.2, 0.25) is 0 Å². The molecule has 3 heteroatoms. The highest BCUT2D eigenvalue weighted by molar-refractivity contribution is 5.79. The monoisotopic (exact) mass is 201 g/mol. The van der Waals surface area contributed by atoms with Gasteiger partial charge in [-0.2, -0.15) is 0 Å². The van der Waals surface area contributed by atoms with Gasteiger partial charge in [0.05, 0.1) is 7.11 Å². The molecule has 14 heavy (non-hydrogen) atoms. The Balaban J connectivity index is 4.39. The summed E-state index contributed by atoms with van der Waals surface area (Å²) in [5.41, 5.74) is -0.598. The second-order valence-electron chi connectivity index (χ2n) is 4.52. The van der Waals surface area contributed by atoms with Crippen molar-refractivity contribution in [2.24, 2.45) is 5.92 Å². The number of hydrogen-bond acceptors (Lipinski definition) is 3. The number of ether oxygens (including phenoxy) is 1. The lowest BCUT2D eigenvalue weighted by molar-refractivity contribution is -0.147. The van der Waals surface area contributed by atoms with Gasteiger partial charge in [0.1, 0.15) is 5.54 Å². The van der Waals surface area contributed by atoms with E-state index in [2.05, 4.69) is 26.1 Å². The van der Waals surface area contributed by atoms with Crippen LogP contribution >= 0.6 is 0 Å². The molecule has 0 fully saturated rings. The average Bonchev–Trinajstić information content (AvgIpc) is 2.12. The topological polar surface area (TPSA) is 38.3 Å². The standard InChI is InChI=1S/C11H23NO2/c1-7-9(8(2)3)12-11(4,5)10(13)14-6/h8-9,12H,7H2,1-6H3. The van der Waals surface area contributed by atoms with Gasteiger partial charge in [0.15, 0.2) is 0 Å². The fraction of sp³-hybridized carbons (Fsp3) is 0.909. The maximum absolute atomic E-state index is 11.4. The molecule has 3 nitrogen and oxygen atoms in total. The lowest BCUT2D eigenvalue weighted by Gasteiger charge is -2.31. The van der Waals surface area contributed by atoms with Gasteiger partial charge in [0.25, 0.3) is 0 Å². The summed E-state index contributed by atoms with van der Waals surface area (Å²) in [6.07, 6.45) is 1.01. The number of nitrogens with one attached hydrogen (secondary N) is 1. The smallest absolute Gasteiger partial charge is 0.325 e. The minimum atomic E-state index is -0.598. The van der Waals surface area contributed by atoms with Crippen molar-refractivity contribution in [3.8, 4) is 0 Å². The minimum absolute atomic E-state index is 0.211. The van der Waals surface area contributed by atoms with Crippen LogP contribution < -0.4 is 5.32 Å². The zero-order chi connectivity index (χ0) is 11.4. The van der Waals surface area contributed by atoms with Crippen molar-refractivity contribution in [2.45, 2.75) is 52.6 Å². The van der Waals surface area contributed by atoms with E-state index in [0.717, 1.165) is 6.42 Å². The molecule has 0 rings (SSSR count). The first-order chi connectivity index (χ1) is 6.35. The van der Waals surface area contributed by atoms with E-state index in [0.29, 0.717) is 12.0 Å². The number of carbonyl (C=O) groups is 1. The maximum atomic E-state index is 11.4. The minimum Gasteiger partial charge on any atom is -0.468 e. The van der Waals surface area contributed by atoms with Crippen LogP contribution in [0.3, 0.4) is 0 Å². The Morgan fingerprint density at radius 1 is 1.43 bits per heavy atom. The first-order valence-electron chi connectivity index (χ1n) is 5.21. The number of esters is 1. The molecule has 0 aliphatic rings. The molecule has 0 amide bonds. The molecule has 0 spiro atoms. The Labute approximate surface area is 87.2 Å². The third kappa shape index (κ3) is 3.66. The molecule has 0 aliphatic carbocycles. The largest absolute Gasteiger partial charge is 0.468 e. The van der Waals surface area contributed by atoms with E-state index < -0.39 is 5.54 Å². The van der Waals surface area contributed by atoms with Crippen LogP contribution in [0.5, 0.6) is 0 Å². The second-order valence-corrected chi connectivity index (χ2v) is 4.52. The van der Waals surface area contributed by atoms with Crippen LogP contribution in [0.4, 0.5) is 0 Å². The summed E-state index contributed by atoms with van der Waals surface area (Å²) in [6.45, 7) is 10.1. The van der Waals surface area contributed by atoms with Gasteiger partial charge in [0, 0.05) is 6.04 Å². The Kier molecular flexibility index (Phi) is 5.13. The van der Waals surface area contributed by atoms with Crippen molar-refractivity contribution in [3.05, 3.63) is 0 Å². The third-order valence-electron chi connectivity index (χ3n) is 2.49. The van der Waals surface area contributed by atoms with Crippen LogP contribution in [0, 0.1) is 5.92 Å². The van der Waals surface area contributed by atoms with Crippen LogP contribution in [0.2, 0.25) is 0 Å². The molecule has 0 aromatic rings. The molecule has 0 aromatic carbocycles. The Bertz CT molecular complexity index is 188.